The molecule has 0 atom stereocenters. The smallest absolute Gasteiger partial charge is 0.335 e. The van der Waals surface area contributed by atoms with E-state index in [1.54, 1.807) is 36.7 Å². The Balaban J connectivity index is 1.92. The van der Waals surface area contributed by atoms with E-state index in [1.807, 2.05) is 17.5 Å². The number of pyridine rings is 1. The first-order chi connectivity index (χ1) is 9.74. The van der Waals surface area contributed by atoms with Crippen molar-refractivity contribution in [2.45, 2.75) is 0 Å². The van der Waals surface area contributed by atoms with Crippen LogP contribution in [0.5, 0.6) is 0 Å². The van der Waals surface area contributed by atoms with Crippen molar-refractivity contribution in [3.8, 4) is 21.8 Å². The molecule has 3 rings (SSSR count). The Morgan fingerprint density at radius 2 is 1.70 bits per heavy atom. The van der Waals surface area contributed by atoms with Gasteiger partial charge in [0.05, 0.1) is 11.3 Å². The van der Waals surface area contributed by atoms with Crippen LogP contribution in [0.15, 0.2) is 54.2 Å². The highest BCUT2D eigenvalue weighted by molar-refractivity contribution is 7.13. The average Bonchev–Trinajstić information content (AvgIpc) is 2.98. The molecule has 0 saturated carbocycles. The molecule has 98 valence electrons. The molecule has 0 amide bonds. The summed E-state index contributed by atoms with van der Waals surface area (Å²) in [5.41, 5.74) is 3.11. The third kappa shape index (κ3) is 2.44. The lowest BCUT2D eigenvalue weighted by atomic mass is 10.1. The van der Waals surface area contributed by atoms with E-state index in [0.717, 1.165) is 21.8 Å². The number of nitrogens with zero attached hydrogens (tertiary/aromatic N) is 2. The number of aromatic nitrogens is 2. The molecule has 0 aliphatic heterocycles. The van der Waals surface area contributed by atoms with Gasteiger partial charge in [0.1, 0.15) is 5.01 Å². The van der Waals surface area contributed by atoms with Crippen molar-refractivity contribution < 1.29 is 9.90 Å². The van der Waals surface area contributed by atoms with E-state index in [2.05, 4.69) is 9.97 Å². The summed E-state index contributed by atoms with van der Waals surface area (Å²) in [6, 6.07) is 10.5. The Kier molecular flexibility index (Phi) is 3.26. The molecule has 3 aromatic rings. The van der Waals surface area contributed by atoms with Gasteiger partial charge in [-0.05, 0) is 24.3 Å². The molecule has 4 nitrogen and oxygen atoms in total. The summed E-state index contributed by atoms with van der Waals surface area (Å²) in [4.78, 5) is 19.4. The fourth-order valence-electron chi connectivity index (χ4n) is 1.82. The number of hydrogen-bond acceptors (Lipinski definition) is 4. The van der Waals surface area contributed by atoms with Crippen molar-refractivity contribution in [2.24, 2.45) is 0 Å². The first kappa shape index (κ1) is 12.5. The summed E-state index contributed by atoms with van der Waals surface area (Å²) in [6.07, 6.45) is 3.46. The van der Waals surface area contributed by atoms with Gasteiger partial charge in [0.2, 0.25) is 0 Å². The van der Waals surface area contributed by atoms with Gasteiger partial charge in [-0.15, -0.1) is 11.3 Å². The number of aromatic carboxylic acids is 1. The molecule has 0 bridgehead atoms. The predicted molar refractivity (Wildman–Crippen MR) is 77.7 cm³/mol. The highest BCUT2D eigenvalue weighted by Gasteiger charge is 2.08. The molecule has 20 heavy (non-hydrogen) atoms. The van der Waals surface area contributed by atoms with Crippen molar-refractivity contribution in [3.05, 3.63) is 59.7 Å². The maximum absolute atomic E-state index is 10.8. The lowest BCUT2D eigenvalue weighted by Gasteiger charge is -1.98. The summed E-state index contributed by atoms with van der Waals surface area (Å²) in [7, 11) is 0. The third-order valence-corrected chi connectivity index (χ3v) is 3.75. The fraction of sp³-hybridized carbons (Fsp3) is 0. The number of carboxylic acids is 1. The standard InChI is InChI=1S/C15H10N2O2S/c18-15(19)12-3-1-11(2-4-12)14-17-13(9-20-14)10-5-7-16-8-6-10/h1-9H,(H,18,19). The molecule has 0 unspecified atom stereocenters. The van der Waals surface area contributed by atoms with Crippen LogP contribution in [0.3, 0.4) is 0 Å². The van der Waals surface area contributed by atoms with Crippen LogP contribution in [0.1, 0.15) is 10.4 Å². The van der Waals surface area contributed by atoms with Gasteiger partial charge in [-0.2, -0.15) is 0 Å². The van der Waals surface area contributed by atoms with Gasteiger partial charge in [-0.3, -0.25) is 4.98 Å². The van der Waals surface area contributed by atoms with Gasteiger partial charge in [0, 0.05) is 28.9 Å². The van der Waals surface area contributed by atoms with Crippen LogP contribution in [0.2, 0.25) is 0 Å². The topological polar surface area (TPSA) is 63.1 Å². The van der Waals surface area contributed by atoms with Crippen molar-refractivity contribution in [1.82, 2.24) is 9.97 Å². The van der Waals surface area contributed by atoms with E-state index < -0.39 is 5.97 Å². The summed E-state index contributed by atoms with van der Waals surface area (Å²) in [5, 5.41) is 11.7. The van der Waals surface area contributed by atoms with Crippen molar-refractivity contribution in [2.75, 3.05) is 0 Å². The fourth-order valence-corrected chi connectivity index (χ4v) is 2.65. The molecule has 1 N–H and O–H groups in total. The minimum atomic E-state index is -0.923. The summed E-state index contributed by atoms with van der Waals surface area (Å²) in [6.45, 7) is 0. The monoisotopic (exact) mass is 282 g/mol. The van der Waals surface area contributed by atoms with Gasteiger partial charge in [-0.1, -0.05) is 12.1 Å². The largest absolute Gasteiger partial charge is 0.478 e. The molecule has 0 aliphatic carbocycles. The Labute approximate surface area is 119 Å². The Bertz CT molecular complexity index is 736. The Morgan fingerprint density at radius 3 is 2.35 bits per heavy atom. The highest BCUT2D eigenvalue weighted by atomic mass is 32.1. The number of rotatable bonds is 3. The first-order valence-electron chi connectivity index (χ1n) is 5.94. The van der Waals surface area contributed by atoms with E-state index in [4.69, 9.17) is 5.11 Å². The minimum Gasteiger partial charge on any atom is -0.478 e. The lowest BCUT2D eigenvalue weighted by Crippen LogP contribution is -1.94. The SMILES string of the molecule is O=C(O)c1ccc(-c2nc(-c3ccncc3)cs2)cc1. The van der Waals surface area contributed by atoms with Gasteiger partial charge in [-0.25, -0.2) is 9.78 Å². The molecule has 5 heteroatoms. The van der Waals surface area contributed by atoms with Crippen LogP contribution in [-0.4, -0.2) is 21.0 Å². The highest BCUT2D eigenvalue weighted by Crippen LogP contribution is 2.28. The molecule has 2 heterocycles. The summed E-state index contributed by atoms with van der Waals surface area (Å²) >= 11 is 1.53. The zero-order chi connectivity index (χ0) is 13.9. The Hall–Kier alpha value is -2.53. The zero-order valence-corrected chi connectivity index (χ0v) is 11.2. The molecule has 0 saturated heterocycles. The van der Waals surface area contributed by atoms with Gasteiger partial charge < -0.3 is 5.11 Å². The number of carboxylic acid groups (broad SMARTS) is 1. The maximum atomic E-state index is 10.8. The zero-order valence-electron chi connectivity index (χ0n) is 10.4. The quantitative estimate of drug-likeness (QED) is 0.797. The van der Waals surface area contributed by atoms with Crippen LogP contribution < -0.4 is 0 Å². The third-order valence-electron chi connectivity index (χ3n) is 2.86. The van der Waals surface area contributed by atoms with E-state index in [1.165, 1.54) is 11.3 Å². The van der Waals surface area contributed by atoms with E-state index in [-0.39, 0.29) is 5.56 Å². The summed E-state index contributed by atoms with van der Waals surface area (Å²) in [5.74, 6) is -0.923. The molecule has 1 aromatic carbocycles. The predicted octanol–water partition coefficient (Wildman–Crippen LogP) is 3.57. The van der Waals surface area contributed by atoms with E-state index in [0.29, 0.717) is 0 Å². The van der Waals surface area contributed by atoms with Crippen LogP contribution in [0.4, 0.5) is 0 Å². The molecule has 0 radical (unpaired) electrons. The molecule has 0 fully saturated rings. The van der Waals surface area contributed by atoms with Gasteiger partial charge >= 0.3 is 5.97 Å². The van der Waals surface area contributed by atoms with Crippen LogP contribution in [0, 0.1) is 0 Å². The maximum Gasteiger partial charge on any atom is 0.335 e. The van der Waals surface area contributed by atoms with Crippen molar-refractivity contribution >= 4 is 17.3 Å². The van der Waals surface area contributed by atoms with Crippen LogP contribution in [-0.2, 0) is 0 Å². The molecule has 0 aliphatic rings. The molecular weight excluding hydrogens is 272 g/mol. The second-order valence-electron chi connectivity index (χ2n) is 4.16. The molecule has 2 aromatic heterocycles. The van der Waals surface area contributed by atoms with E-state index in [9.17, 15) is 4.79 Å². The summed E-state index contributed by atoms with van der Waals surface area (Å²) < 4.78 is 0. The normalized spacial score (nSPS) is 10.4. The first-order valence-corrected chi connectivity index (χ1v) is 6.81. The van der Waals surface area contributed by atoms with E-state index >= 15 is 0 Å². The number of hydrogen-bond donors (Lipinski definition) is 1. The van der Waals surface area contributed by atoms with Gasteiger partial charge in [0.15, 0.2) is 0 Å². The van der Waals surface area contributed by atoms with Crippen LogP contribution >= 0.6 is 11.3 Å². The second-order valence-corrected chi connectivity index (χ2v) is 5.01. The lowest BCUT2D eigenvalue weighted by molar-refractivity contribution is 0.0697. The number of thiazole rings is 1. The number of carbonyl (C=O) groups is 1. The van der Waals surface area contributed by atoms with Crippen molar-refractivity contribution in [3.63, 3.8) is 0 Å². The average molecular weight is 282 g/mol. The Morgan fingerprint density at radius 1 is 1.00 bits per heavy atom. The van der Waals surface area contributed by atoms with Gasteiger partial charge in [0.25, 0.3) is 0 Å². The second kappa shape index (κ2) is 5.22. The van der Waals surface area contributed by atoms with Crippen LogP contribution in [0.25, 0.3) is 21.8 Å². The molecule has 0 spiro atoms. The number of benzene rings is 1. The van der Waals surface area contributed by atoms with Crippen molar-refractivity contribution in [1.29, 1.82) is 0 Å². The molecular formula is C15H10N2O2S. The minimum absolute atomic E-state index is 0.277.